The summed E-state index contributed by atoms with van der Waals surface area (Å²) in [5.74, 6) is 0.459. The van der Waals surface area contributed by atoms with Crippen molar-refractivity contribution in [3.63, 3.8) is 0 Å². The van der Waals surface area contributed by atoms with E-state index >= 15 is 0 Å². The molecule has 0 aliphatic rings. The van der Waals surface area contributed by atoms with Crippen molar-refractivity contribution in [2.75, 3.05) is 0 Å². The molecule has 2 aromatic carbocycles. The Morgan fingerprint density at radius 1 is 1.04 bits per heavy atom. The molecule has 0 amide bonds. The lowest BCUT2D eigenvalue weighted by Gasteiger charge is -2.28. The highest BCUT2D eigenvalue weighted by atomic mass is 19.4. The van der Waals surface area contributed by atoms with Crippen LogP contribution in [0, 0.1) is 0 Å². The summed E-state index contributed by atoms with van der Waals surface area (Å²) in [6.07, 6.45) is -3.77. The van der Waals surface area contributed by atoms with Gasteiger partial charge < -0.3 is 5.32 Å². The zero-order chi connectivity index (χ0) is 19.5. The van der Waals surface area contributed by atoms with E-state index in [4.69, 9.17) is 0 Å². The summed E-state index contributed by atoms with van der Waals surface area (Å²) in [4.78, 5) is 0. The average Bonchev–Trinajstić information content (AvgIpc) is 3.17. The number of benzene rings is 2. The third kappa shape index (κ3) is 4.16. The summed E-state index contributed by atoms with van der Waals surface area (Å²) in [6, 6.07) is 14.8. The number of tetrazole rings is 1. The fraction of sp³-hybridized carbons (Fsp3) is 0.316. The third-order valence-electron chi connectivity index (χ3n) is 4.61. The van der Waals surface area contributed by atoms with Crippen LogP contribution in [0.25, 0.3) is 5.69 Å². The maximum Gasteiger partial charge on any atom is 0.416 e. The number of aromatic nitrogens is 4. The van der Waals surface area contributed by atoms with Crippen molar-refractivity contribution < 1.29 is 13.2 Å². The zero-order valence-electron chi connectivity index (χ0n) is 15.0. The van der Waals surface area contributed by atoms with Crippen molar-refractivity contribution in [1.82, 2.24) is 25.5 Å². The molecule has 1 N–H and O–H groups in total. The van der Waals surface area contributed by atoms with Gasteiger partial charge in [-0.25, -0.2) is 0 Å². The number of halogens is 3. The molecule has 0 fully saturated rings. The molecule has 3 rings (SSSR count). The lowest BCUT2D eigenvalue weighted by molar-refractivity contribution is -0.137. The van der Waals surface area contributed by atoms with Crippen LogP contribution in [-0.2, 0) is 18.3 Å². The van der Waals surface area contributed by atoms with Gasteiger partial charge in [0.05, 0.1) is 16.8 Å². The second kappa shape index (κ2) is 7.48. The van der Waals surface area contributed by atoms with Crippen molar-refractivity contribution in [2.45, 2.75) is 38.5 Å². The topological polar surface area (TPSA) is 55.6 Å². The molecule has 27 heavy (non-hydrogen) atoms. The van der Waals surface area contributed by atoms with Crippen LogP contribution in [0.4, 0.5) is 13.2 Å². The standard InChI is InChI=1S/C19H20F3N5/c1-3-18(2,23-13-14-8-5-4-6-9-14)17-24-25-26-27(17)16-11-7-10-15(12-16)19(20,21)22/h4-12,23H,3,13H2,1-2H3/t18-/m1/s1. The van der Waals surface area contributed by atoms with Gasteiger partial charge in [0.1, 0.15) is 0 Å². The van der Waals surface area contributed by atoms with E-state index in [-0.39, 0.29) is 5.69 Å². The Balaban J connectivity index is 1.92. The molecular weight excluding hydrogens is 355 g/mol. The second-order valence-electron chi connectivity index (χ2n) is 6.49. The minimum atomic E-state index is -4.43. The summed E-state index contributed by atoms with van der Waals surface area (Å²) in [6.45, 7) is 4.50. The molecule has 0 aliphatic carbocycles. The van der Waals surface area contributed by atoms with Crippen molar-refractivity contribution >= 4 is 0 Å². The molecule has 3 aromatic rings. The van der Waals surface area contributed by atoms with Gasteiger partial charge in [-0.2, -0.15) is 17.9 Å². The van der Waals surface area contributed by atoms with Crippen molar-refractivity contribution in [3.8, 4) is 5.69 Å². The molecule has 0 radical (unpaired) electrons. The molecule has 0 saturated heterocycles. The number of nitrogens with zero attached hydrogens (tertiary/aromatic N) is 4. The van der Waals surface area contributed by atoms with E-state index in [1.165, 1.54) is 10.7 Å². The Morgan fingerprint density at radius 2 is 1.78 bits per heavy atom. The highest BCUT2D eigenvalue weighted by Crippen LogP contribution is 2.31. The molecular formula is C19H20F3N5. The Kier molecular flexibility index (Phi) is 5.27. The summed E-state index contributed by atoms with van der Waals surface area (Å²) < 4.78 is 40.5. The summed E-state index contributed by atoms with van der Waals surface area (Å²) in [5.41, 5.74) is 0.00583. The maximum atomic E-state index is 13.0. The molecule has 0 bridgehead atoms. The van der Waals surface area contributed by atoms with Crippen molar-refractivity contribution in [2.24, 2.45) is 0 Å². The first-order valence-corrected chi connectivity index (χ1v) is 8.59. The van der Waals surface area contributed by atoms with Crippen LogP contribution in [0.15, 0.2) is 54.6 Å². The Bertz CT molecular complexity index is 892. The number of hydrogen-bond acceptors (Lipinski definition) is 4. The molecule has 1 aromatic heterocycles. The number of hydrogen-bond donors (Lipinski definition) is 1. The van der Waals surface area contributed by atoms with Gasteiger partial charge in [-0.15, -0.1) is 5.10 Å². The lowest BCUT2D eigenvalue weighted by Crippen LogP contribution is -2.41. The first-order chi connectivity index (χ1) is 12.8. The minimum Gasteiger partial charge on any atom is -0.301 e. The Labute approximate surface area is 155 Å². The van der Waals surface area contributed by atoms with Crippen LogP contribution in [0.2, 0.25) is 0 Å². The van der Waals surface area contributed by atoms with E-state index in [1.54, 1.807) is 6.07 Å². The van der Waals surface area contributed by atoms with E-state index in [0.717, 1.165) is 17.7 Å². The molecule has 0 saturated carbocycles. The van der Waals surface area contributed by atoms with Gasteiger partial charge >= 0.3 is 6.18 Å². The van der Waals surface area contributed by atoms with Crippen LogP contribution in [0.5, 0.6) is 0 Å². The number of rotatable bonds is 6. The van der Waals surface area contributed by atoms with Crippen LogP contribution >= 0.6 is 0 Å². The van der Waals surface area contributed by atoms with Gasteiger partial charge in [-0.3, -0.25) is 0 Å². The lowest BCUT2D eigenvalue weighted by atomic mass is 9.97. The summed E-state index contributed by atoms with van der Waals surface area (Å²) in [7, 11) is 0. The predicted molar refractivity (Wildman–Crippen MR) is 95.1 cm³/mol. The van der Waals surface area contributed by atoms with Gasteiger partial charge in [0.25, 0.3) is 0 Å². The largest absolute Gasteiger partial charge is 0.416 e. The minimum absolute atomic E-state index is 0.269. The first-order valence-electron chi connectivity index (χ1n) is 8.59. The van der Waals surface area contributed by atoms with Gasteiger partial charge in [-0.1, -0.05) is 43.3 Å². The maximum absolute atomic E-state index is 13.0. The van der Waals surface area contributed by atoms with Gasteiger partial charge in [0, 0.05) is 6.54 Å². The monoisotopic (exact) mass is 375 g/mol. The van der Waals surface area contributed by atoms with Crippen LogP contribution < -0.4 is 5.32 Å². The predicted octanol–water partition coefficient (Wildman–Crippen LogP) is 4.10. The van der Waals surface area contributed by atoms with E-state index < -0.39 is 17.3 Å². The van der Waals surface area contributed by atoms with Crippen LogP contribution in [-0.4, -0.2) is 20.2 Å². The van der Waals surface area contributed by atoms with E-state index in [2.05, 4.69) is 20.8 Å². The number of alkyl halides is 3. The summed E-state index contributed by atoms with van der Waals surface area (Å²) in [5, 5.41) is 15.2. The Hall–Kier alpha value is -2.74. The van der Waals surface area contributed by atoms with E-state index in [1.807, 2.05) is 44.2 Å². The number of nitrogens with one attached hydrogen (secondary N) is 1. The molecule has 0 spiro atoms. The fourth-order valence-electron chi connectivity index (χ4n) is 2.77. The smallest absolute Gasteiger partial charge is 0.301 e. The molecule has 1 atom stereocenters. The molecule has 142 valence electrons. The Morgan fingerprint density at radius 3 is 2.44 bits per heavy atom. The van der Waals surface area contributed by atoms with Crippen molar-refractivity contribution in [3.05, 3.63) is 71.5 Å². The molecule has 0 unspecified atom stereocenters. The first kappa shape index (κ1) is 19.0. The molecule has 0 aliphatic heterocycles. The molecule has 5 nitrogen and oxygen atoms in total. The molecule has 8 heteroatoms. The van der Waals surface area contributed by atoms with E-state index in [9.17, 15) is 13.2 Å². The quantitative estimate of drug-likeness (QED) is 0.705. The van der Waals surface area contributed by atoms with Crippen molar-refractivity contribution in [1.29, 1.82) is 0 Å². The van der Waals surface area contributed by atoms with Gasteiger partial charge in [0.15, 0.2) is 5.82 Å². The SMILES string of the molecule is CC[C@@](C)(NCc1ccccc1)c1nnnn1-c1cccc(C(F)(F)F)c1. The van der Waals surface area contributed by atoms with Gasteiger partial charge in [0.2, 0.25) is 0 Å². The highest BCUT2D eigenvalue weighted by molar-refractivity contribution is 5.37. The van der Waals surface area contributed by atoms with Crippen LogP contribution in [0.3, 0.4) is 0 Å². The second-order valence-corrected chi connectivity index (χ2v) is 6.49. The third-order valence-corrected chi connectivity index (χ3v) is 4.61. The highest BCUT2D eigenvalue weighted by Gasteiger charge is 2.33. The van der Waals surface area contributed by atoms with E-state index in [0.29, 0.717) is 18.8 Å². The zero-order valence-corrected chi connectivity index (χ0v) is 15.0. The fourth-order valence-corrected chi connectivity index (χ4v) is 2.77. The summed E-state index contributed by atoms with van der Waals surface area (Å²) >= 11 is 0. The van der Waals surface area contributed by atoms with Crippen LogP contribution in [0.1, 0.15) is 37.2 Å². The average molecular weight is 375 g/mol. The molecule has 1 heterocycles. The normalized spacial score (nSPS) is 14.1. The van der Waals surface area contributed by atoms with Gasteiger partial charge in [-0.05, 0) is 47.5 Å².